The van der Waals surface area contributed by atoms with Gasteiger partial charge in [-0.15, -0.1) is 0 Å². The van der Waals surface area contributed by atoms with Crippen LogP contribution in [0.4, 0.5) is 4.79 Å². The Balaban J connectivity index is 2.59. The van der Waals surface area contributed by atoms with E-state index in [0.29, 0.717) is 19.4 Å². The zero-order valence-electron chi connectivity index (χ0n) is 9.01. The van der Waals surface area contributed by atoms with Gasteiger partial charge in [-0.2, -0.15) is 0 Å². The normalized spacial score (nSPS) is 26.8. The summed E-state index contributed by atoms with van der Waals surface area (Å²) in [5, 5.41) is 18.8. The monoisotopic (exact) mass is 252 g/mol. The highest BCUT2D eigenvalue weighted by molar-refractivity contribution is 7.88. The number of amides is 1. The first-order chi connectivity index (χ1) is 7.22. The van der Waals surface area contributed by atoms with Crippen molar-refractivity contribution in [1.29, 1.82) is 0 Å². The van der Waals surface area contributed by atoms with Crippen LogP contribution in [0.2, 0.25) is 0 Å². The molecule has 0 spiro atoms. The number of nitrogens with one attached hydrogen (secondary N) is 1. The Morgan fingerprint density at radius 3 is 2.69 bits per heavy atom. The number of hydrogen-bond acceptors (Lipinski definition) is 4. The van der Waals surface area contributed by atoms with Gasteiger partial charge in [0.2, 0.25) is 10.0 Å². The molecule has 0 aromatic carbocycles. The quantitative estimate of drug-likeness (QED) is 0.599. The number of aliphatic hydroxyl groups is 1. The third kappa shape index (κ3) is 3.95. The maximum Gasteiger partial charge on any atom is 0.407 e. The Morgan fingerprint density at radius 2 is 2.19 bits per heavy atom. The fourth-order valence-electron chi connectivity index (χ4n) is 1.69. The van der Waals surface area contributed by atoms with E-state index in [-0.39, 0.29) is 13.1 Å². The predicted molar refractivity (Wildman–Crippen MR) is 56.6 cm³/mol. The second kappa shape index (κ2) is 4.56. The summed E-state index contributed by atoms with van der Waals surface area (Å²) in [6.45, 7) is 0.150. The SMILES string of the molecule is CS(=O)(=O)NCC1(O)CCCN(C(=O)O)C1. The van der Waals surface area contributed by atoms with Crippen LogP contribution < -0.4 is 4.72 Å². The molecule has 1 atom stereocenters. The van der Waals surface area contributed by atoms with Crippen LogP contribution in [0.3, 0.4) is 0 Å². The molecule has 8 heteroatoms. The van der Waals surface area contributed by atoms with Gasteiger partial charge in [0.05, 0.1) is 18.4 Å². The molecule has 1 fully saturated rings. The van der Waals surface area contributed by atoms with Crippen molar-refractivity contribution in [3.05, 3.63) is 0 Å². The molecule has 1 rings (SSSR count). The lowest BCUT2D eigenvalue weighted by molar-refractivity contribution is -0.0202. The van der Waals surface area contributed by atoms with Crippen LogP contribution in [-0.4, -0.2) is 61.1 Å². The molecule has 1 aliphatic rings. The lowest BCUT2D eigenvalue weighted by atomic mass is 9.93. The van der Waals surface area contributed by atoms with Crippen LogP contribution in [0, 0.1) is 0 Å². The predicted octanol–water partition coefficient (Wildman–Crippen LogP) is -0.959. The van der Waals surface area contributed by atoms with Gasteiger partial charge in [0.1, 0.15) is 0 Å². The first-order valence-electron chi connectivity index (χ1n) is 4.87. The van der Waals surface area contributed by atoms with Gasteiger partial charge in [0.15, 0.2) is 0 Å². The molecular formula is C8H16N2O5S. The Bertz CT molecular complexity index is 369. The molecule has 0 radical (unpaired) electrons. The molecule has 0 bridgehead atoms. The summed E-state index contributed by atoms with van der Waals surface area (Å²) in [5.41, 5.74) is -1.31. The molecule has 94 valence electrons. The molecule has 3 N–H and O–H groups in total. The van der Waals surface area contributed by atoms with Crippen LogP contribution in [0.25, 0.3) is 0 Å². The molecule has 0 aliphatic carbocycles. The van der Waals surface area contributed by atoms with Gasteiger partial charge in [-0.05, 0) is 12.8 Å². The van der Waals surface area contributed by atoms with Crippen molar-refractivity contribution in [1.82, 2.24) is 9.62 Å². The van der Waals surface area contributed by atoms with Crippen molar-refractivity contribution in [2.45, 2.75) is 18.4 Å². The minimum atomic E-state index is -3.38. The average molecular weight is 252 g/mol. The standard InChI is InChI=1S/C8H16N2O5S/c1-16(14,15)9-5-8(13)3-2-4-10(6-8)7(11)12/h9,13H,2-6H2,1H3,(H,11,12). The van der Waals surface area contributed by atoms with Crippen LogP contribution in [0.5, 0.6) is 0 Å². The Hall–Kier alpha value is -0.860. The van der Waals surface area contributed by atoms with Crippen molar-refractivity contribution in [2.75, 3.05) is 25.9 Å². The Kier molecular flexibility index (Phi) is 3.76. The molecule has 7 nitrogen and oxygen atoms in total. The summed E-state index contributed by atoms with van der Waals surface area (Å²) >= 11 is 0. The fraction of sp³-hybridized carbons (Fsp3) is 0.875. The largest absolute Gasteiger partial charge is 0.465 e. The maximum absolute atomic E-state index is 10.9. The minimum Gasteiger partial charge on any atom is -0.465 e. The molecule has 1 unspecified atom stereocenters. The third-order valence-electron chi connectivity index (χ3n) is 2.49. The molecule has 0 aromatic rings. The highest BCUT2D eigenvalue weighted by Gasteiger charge is 2.35. The molecule has 1 saturated heterocycles. The molecule has 0 saturated carbocycles. The number of piperidine rings is 1. The number of carboxylic acid groups (broad SMARTS) is 1. The first-order valence-corrected chi connectivity index (χ1v) is 6.76. The second-order valence-electron chi connectivity index (χ2n) is 4.13. The van der Waals surface area contributed by atoms with E-state index in [1.165, 1.54) is 0 Å². The lowest BCUT2D eigenvalue weighted by Gasteiger charge is -2.37. The Labute approximate surface area is 94.1 Å². The van der Waals surface area contributed by atoms with Gasteiger partial charge in [-0.1, -0.05) is 0 Å². The van der Waals surface area contributed by atoms with Crippen molar-refractivity contribution >= 4 is 16.1 Å². The van der Waals surface area contributed by atoms with Gasteiger partial charge < -0.3 is 15.1 Å². The van der Waals surface area contributed by atoms with Crippen LogP contribution in [0.15, 0.2) is 0 Å². The van der Waals surface area contributed by atoms with E-state index < -0.39 is 21.7 Å². The smallest absolute Gasteiger partial charge is 0.407 e. The zero-order valence-corrected chi connectivity index (χ0v) is 9.83. The number of sulfonamides is 1. The minimum absolute atomic E-state index is 0.0646. The fourth-order valence-corrected chi connectivity index (χ4v) is 2.22. The van der Waals surface area contributed by atoms with Gasteiger partial charge in [-0.25, -0.2) is 17.9 Å². The summed E-state index contributed by atoms with van der Waals surface area (Å²) in [6, 6.07) is 0. The van der Waals surface area contributed by atoms with Gasteiger partial charge in [0.25, 0.3) is 0 Å². The topological polar surface area (TPSA) is 107 Å². The van der Waals surface area contributed by atoms with E-state index in [2.05, 4.69) is 4.72 Å². The molecule has 1 aliphatic heterocycles. The van der Waals surface area contributed by atoms with Crippen molar-refractivity contribution in [3.63, 3.8) is 0 Å². The zero-order chi connectivity index (χ0) is 12.4. The number of likely N-dealkylation sites (tertiary alicyclic amines) is 1. The van der Waals surface area contributed by atoms with Crippen LogP contribution in [0.1, 0.15) is 12.8 Å². The van der Waals surface area contributed by atoms with E-state index in [9.17, 15) is 18.3 Å². The number of nitrogens with zero attached hydrogens (tertiary/aromatic N) is 1. The maximum atomic E-state index is 10.9. The highest BCUT2D eigenvalue weighted by Crippen LogP contribution is 2.20. The summed E-state index contributed by atoms with van der Waals surface area (Å²) in [6.07, 6.45) is 0.805. The van der Waals surface area contributed by atoms with E-state index in [1.54, 1.807) is 0 Å². The van der Waals surface area contributed by atoms with E-state index in [1.807, 2.05) is 0 Å². The first kappa shape index (κ1) is 13.2. The van der Waals surface area contributed by atoms with Crippen molar-refractivity contribution < 1.29 is 23.4 Å². The molecule has 0 aromatic heterocycles. The van der Waals surface area contributed by atoms with Crippen molar-refractivity contribution in [2.24, 2.45) is 0 Å². The average Bonchev–Trinajstić information content (AvgIpc) is 2.14. The molecule has 1 amide bonds. The van der Waals surface area contributed by atoms with Crippen LogP contribution in [-0.2, 0) is 10.0 Å². The third-order valence-corrected chi connectivity index (χ3v) is 3.16. The van der Waals surface area contributed by atoms with Crippen LogP contribution >= 0.6 is 0 Å². The van der Waals surface area contributed by atoms with E-state index >= 15 is 0 Å². The molecule has 1 heterocycles. The van der Waals surface area contributed by atoms with E-state index in [4.69, 9.17) is 5.11 Å². The number of hydrogen-bond donors (Lipinski definition) is 3. The van der Waals surface area contributed by atoms with Gasteiger partial charge in [-0.3, -0.25) is 0 Å². The summed E-state index contributed by atoms with van der Waals surface area (Å²) in [5.74, 6) is 0. The highest BCUT2D eigenvalue weighted by atomic mass is 32.2. The molecular weight excluding hydrogens is 236 g/mol. The molecule has 16 heavy (non-hydrogen) atoms. The number of rotatable bonds is 3. The van der Waals surface area contributed by atoms with Gasteiger partial charge in [0, 0.05) is 13.1 Å². The summed E-state index contributed by atoms with van der Waals surface area (Å²) in [7, 11) is -3.38. The van der Waals surface area contributed by atoms with E-state index in [0.717, 1.165) is 11.2 Å². The van der Waals surface area contributed by atoms with Crippen molar-refractivity contribution in [3.8, 4) is 0 Å². The lowest BCUT2D eigenvalue weighted by Crippen LogP contribution is -2.55. The Morgan fingerprint density at radius 1 is 1.56 bits per heavy atom. The second-order valence-corrected chi connectivity index (χ2v) is 5.96. The van der Waals surface area contributed by atoms with Gasteiger partial charge >= 0.3 is 6.09 Å². The summed E-state index contributed by atoms with van der Waals surface area (Å²) < 4.78 is 24.0. The summed E-state index contributed by atoms with van der Waals surface area (Å²) in [4.78, 5) is 11.8. The number of carbonyl (C=O) groups is 1. The number of β-amino-alcohol motifs (C(OH)–C–C–N with tert-alkyl or cyclic N) is 1.